The first-order chi connectivity index (χ1) is 9.69. The van der Waals surface area contributed by atoms with Crippen LogP contribution in [0.4, 0.5) is 11.5 Å². The molecule has 20 heavy (non-hydrogen) atoms. The monoisotopic (exact) mass is 289 g/mol. The van der Waals surface area contributed by atoms with Crippen molar-refractivity contribution in [3.8, 4) is 0 Å². The Morgan fingerprint density at radius 3 is 2.60 bits per heavy atom. The van der Waals surface area contributed by atoms with E-state index in [1.165, 1.54) is 18.4 Å². The molecule has 1 heterocycles. The van der Waals surface area contributed by atoms with Crippen LogP contribution in [0.1, 0.15) is 30.9 Å². The van der Waals surface area contributed by atoms with Gasteiger partial charge in [0.1, 0.15) is 5.82 Å². The normalized spacial score (nSPS) is 10.5. The van der Waals surface area contributed by atoms with E-state index in [4.69, 9.17) is 17.3 Å². The fourth-order valence-electron chi connectivity index (χ4n) is 1.96. The average molecular weight is 290 g/mol. The van der Waals surface area contributed by atoms with Gasteiger partial charge in [-0.1, -0.05) is 37.1 Å². The third-order valence-electron chi connectivity index (χ3n) is 3.20. The minimum Gasteiger partial charge on any atom is -0.382 e. The number of pyridine rings is 1. The number of anilines is 2. The molecule has 0 atom stereocenters. The molecule has 0 amide bonds. The summed E-state index contributed by atoms with van der Waals surface area (Å²) in [4.78, 5) is 4.04. The van der Waals surface area contributed by atoms with Gasteiger partial charge in [-0.15, -0.1) is 0 Å². The topological polar surface area (TPSA) is 50.9 Å². The van der Waals surface area contributed by atoms with Gasteiger partial charge in [-0.3, -0.25) is 0 Å². The maximum atomic E-state index is 5.95. The van der Waals surface area contributed by atoms with Gasteiger partial charge in [0.05, 0.1) is 5.02 Å². The molecule has 0 saturated carbocycles. The molecule has 2 rings (SSSR count). The second kappa shape index (κ2) is 7.15. The maximum Gasteiger partial charge on any atom is 0.142 e. The summed E-state index contributed by atoms with van der Waals surface area (Å²) in [6, 6.07) is 10.4. The Labute approximate surface area is 125 Å². The number of aryl methyl sites for hydroxylation is 1. The van der Waals surface area contributed by atoms with Gasteiger partial charge in [0.15, 0.2) is 0 Å². The largest absolute Gasteiger partial charge is 0.382 e. The van der Waals surface area contributed by atoms with Crippen molar-refractivity contribution < 1.29 is 0 Å². The van der Waals surface area contributed by atoms with Crippen LogP contribution in [0.25, 0.3) is 0 Å². The van der Waals surface area contributed by atoms with E-state index in [2.05, 4.69) is 41.5 Å². The van der Waals surface area contributed by atoms with Crippen molar-refractivity contribution >= 4 is 23.1 Å². The lowest BCUT2D eigenvalue weighted by Gasteiger charge is -2.08. The molecular weight excluding hydrogens is 270 g/mol. The van der Waals surface area contributed by atoms with Crippen molar-refractivity contribution in [2.24, 2.45) is 0 Å². The standard InChI is InChI=1S/C16H20ClN3/c1-2-3-4-12-5-7-14(8-6-12)19-10-13-9-15(17)16(18)20-11-13/h5-9,11,19H,2-4,10H2,1H3,(H2,18,20). The SMILES string of the molecule is CCCCc1ccc(NCc2cnc(N)c(Cl)c2)cc1. The molecule has 0 aliphatic carbocycles. The molecular formula is C16H20ClN3. The quantitative estimate of drug-likeness (QED) is 0.835. The number of rotatable bonds is 6. The lowest BCUT2D eigenvalue weighted by Crippen LogP contribution is -2.01. The van der Waals surface area contributed by atoms with E-state index >= 15 is 0 Å². The molecule has 0 saturated heterocycles. The Bertz CT molecular complexity index is 552. The average Bonchev–Trinajstić information content (AvgIpc) is 2.47. The van der Waals surface area contributed by atoms with Gasteiger partial charge in [-0.25, -0.2) is 4.98 Å². The van der Waals surface area contributed by atoms with Crippen LogP contribution >= 0.6 is 11.6 Å². The molecule has 0 bridgehead atoms. The minimum atomic E-state index is 0.371. The van der Waals surface area contributed by atoms with Crippen LogP contribution in [0.2, 0.25) is 5.02 Å². The number of aromatic nitrogens is 1. The second-order valence-corrected chi connectivity index (χ2v) is 5.27. The molecule has 3 nitrogen and oxygen atoms in total. The smallest absolute Gasteiger partial charge is 0.142 e. The fourth-order valence-corrected chi connectivity index (χ4v) is 2.15. The second-order valence-electron chi connectivity index (χ2n) is 4.86. The lowest BCUT2D eigenvalue weighted by molar-refractivity contribution is 0.795. The van der Waals surface area contributed by atoms with E-state index in [9.17, 15) is 0 Å². The lowest BCUT2D eigenvalue weighted by atomic mass is 10.1. The van der Waals surface area contributed by atoms with Crippen LogP contribution in [0.3, 0.4) is 0 Å². The van der Waals surface area contributed by atoms with E-state index in [1.54, 1.807) is 6.20 Å². The Morgan fingerprint density at radius 1 is 1.20 bits per heavy atom. The number of halogens is 1. The highest BCUT2D eigenvalue weighted by Gasteiger charge is 2.00. The van der Waals surface area contributed by atoms with Crippen LogP contribution < -0.4 is 11.1 Å². The zero-order valence-corrected chi connectivity index (χ0v) is 12.5. The van der Waals surface area contributed by atoms with Crippen molar-refractivity contribution in [2.45, 2.75) is 32.7 Å². The van der Waals surface area contributed by atoms with Crippen LogP contribution in [0, 0.1) is 0 Å². The molecule has 0 aliphatic rings. The van der Waals surface area contributed by atoms with Crippen LogP contribution in [-0.4, -0.2) is 4.98 Å². The Hall–Kier alpha value is -1.74. The number of benzene rings is 1. The first kappa shape index (κ1) is 14.7. The number of nitrogens with one attached hydrogen (secondary N) is 1. The van der Waals surface area contributed by atoms with Gasteiger partial charge in [0.2, 0.25) is 0 Å². The first-order valence-corrected chi connectivity index (χ1v) is 7.29. The molecule has 1 aromatic carbocycles. The summed E-state index contributed by atoms with van der Waals surface area (Å²) in [5.41, 5.74) is 9.08. The molecule has 2 aromatic rings. The van der Waals surface area contributed by atoms with Crippen molar-refractivity contribution in [1.82, 2.24) is 4.98 Å². The molecule has 0 spiro atoms. The van der Waals surface area contributed by atoms with Gasteiger partial charge in [-0.05, 0) is 42.2 Å². The molecule has 1 aromatic heterocycles. The Morgan fingerprint density at radius 2 is 1.95 bits per heavy atom. The molecule has 0 unspecified atom stereocenters. The first-order valence-electron chi connectivity index (χ1n) is 6.91. The van der Waals surface area contributed by atoms with Gasteiger partial charge in [-0.2, -0.15) is 0 Å². The summed E-state index contributed by atoms with van der Waals surface area (Å²) in [5, 5.41) is 3.85. The van der Waals surface area contributed by atoms with Crippen molar-refractivity contribution in [1.29, 1.82) is 0 Å². The third-order valence-corrected chi connectivity index (χ3v) is 3.50. The van der Waals surface area contributed by atoms with E-state index < -0.39 is 0 Å². The van der Waals surface area contributed by atoms with Crippen molar-refractivity contribution in [3.05, 3.63) is 52.7 Å². The zero-order chi connectivity index (χ0) is 14.4. The molecule has 0 radical (unpaired) electrons. The highest BCUT2D eigenvalue weighted by Crippen LogP contribution is 2.18. The molecule has 0 fully saturated rings. The molecule has 106 valence electrons. The van der Waals surface area contributed by atoms with Crippen LogP contribution in [-0.2, 0) is 13.0 Å². The summed E-state index contributed by atoms with van der Waals surface area (Å²) in [7, 11) is 0. The van der Waals surface area contributed by atoms with Gasteiger partial charge in [0.25, 0.3) is 0 Å². The van der Waals surface area contributed by atoms with Crippen molar-refractivity contribution in [2.75, 3.05) is 11.1 Å². The Kier molecular flexibility index (Phi) is 5.24. The van der Waals surface area contributed by atoms with Gasteiger partial charge < -0.3 is 11.1 Å². The summed E-state index contributed by atoms with van der Waals surface area (Å²) in [6.45, 7) is 2.89. The van der Waals surface area contributed by atoms with E-state index in [0.717, 1.165) is 17.7 Å². The van der Waals surface area contributed by atoms with Crippen LogP contribution in [0.15, 0.2) is 36.5 Å². The summed E-state index contributed by atoms with van der Waals surface area (Å²) in [5.74, 6) is 0.371. The third kappa shape index (κ3) is 4.14. The summed E-state index contributed by atoms with van der Waals surface area (Å²) < 4.78 is 0. The van der Waals surface area contributed by atoms with Crippen molar-refractivity contribution in [3.63, 3.8) is 0 Å². The number of nitrogen functional groups attached to an aromatic ring is 1. The minimum absolute atomic E-state index is 0.371. The number of hydrogen-bond donors (Lipinski definition) is 2. The van der Waals surface area contributed by atoms with Gasteiger partial charge in [0, 0.05) is 18.4 Å². The Balaban J connectivity index is 1.91. The number of nitrogens with two attached hydrogens (primary N) is 1. The zero-order valence-electron chi connectivity index (χ0n) is 11.7. The maximum absolute atomic E-state index is 5.95. The highest BCUT2D eigenvalue weighted by atomic mass is 35.5. The fraction of sp³-hybridized carbons (Fsp3) is 0.312. The molecule has 0 aliphatic heterocycles. The van der Waals surface area contributed by atoms with Crippen LogP contribution in [0.5, 0.6) is 0 Å². The molecule has 3 N–H and O–H groups in total. The predicted octanol–water partition coefficient (Wildman–Crippen LogP) is 4.27. The van der Waals surface area contributed by atoms with Gasteiger partial charge >= 0.3 is 0 Å². The highest BCUT2D eigenvalue weighted by molar-refractivity contribution is 6.32. The molecule has 4 heteroatoms. The van der Waals surface area contributed by atoms with E-state index in [-0.39, 0.29) is 0 Å². The summed E-state index contributed by atoms with van der Waals surface area (Å²) >= 11 is 5.95. The number of nitrogens with zero attached hydrogens (tertiary/aromatic N) is 1. The van der Waals surface area contributed by atoms with E-state index in [1.807, 2.05) is 6.07 Å². The summed E-state index contributed by atoms with van der Waals surface area (Å²) in [6.07, 6.45) is 5.35. The predicted molar refractivity (Wildman–Crippen MR) is 86.0 cm³/mol. The van der Waals surface area contributed by atoms with E-state index in [0.29, 0.717) is 17.4 Å². The number of hydrogen-bond acceptors (Lipinski definition) is 3. The number of unbranched alkanes of at least 4 members (excludes halogenated alkanes) is 1.